The lowest BCUT2D eigenvalue weighted by atomic mass is 10.2. The number of pyridine rings is 1. The van der Waals surface area contributed by atoms with Gasteiger partial charge in [-0.2, -0.15) is 0 Å². The summed E-state index contributed by atoms with van der Waals surface area (Å²) in [6.07, 6.45) is -5.02. The van der Waals surface area contributed by atoms with Gasteiger partial charge >= 0.3 is 12.3 Å². The first-order valence-electron chi connectivity index (χ1n) is 4.96. The molecule has 0 spiro atoms. The molecule has 0 aromatic carbocycles. The average molecular weight is 393 g/mol. The summed E-state index contributed by atoms with van der Waals surface area (Å²) in [5.74, 6) is -1.89. The first-order valence-corrected chi connectivity index (χ1v) is 6.04. The Morgan fingerprint density at radius 1 is 1.47 bits per heavy atom. The number of aromatic nitrogens is 1. The van der Waals surface area contributed by atoms with E-state index in [0.29, 0.717) is 0 Å². The van der Waals surface area contributed by atoms with Crippen molar-refractivity contribution in [2.45, 2.75) is 20.0 Å². The van der Waals surface area contributed by atoms with Crippen molar-refractivity contribution < 1.29 is 31.8 Å². The van der Waals surface area contributed by atoms with Crippen LogP contribution in [0.1, 0.15) is 23.0 Å². The summed E-state index contributed by atoms with van der Waals surface area (Å²) in [4.78, 5) is 14.7. The first kappa shape index (κ1) is 15.9. The van der Waals surface area contributed by atoms with Gasteiger partial charge in [-0.25, -0.2) is 14.2 Å². The molecule has 106 valence electrons. The third-order valence-electron chi connectivity index (χ3n) is 1.86. The van der Waals surface area contributed by atoms with Gasteiger partial charge in [0.05, 0.1) is 12.2 Å². The normalized spacial score (nSPS) is 11.3. The van der Waals surface area contributed by atoms with Gasteiger partial charge in [-0.1, -0.05) is 0 Å². The molecule has 4 nitrogen and oxygen atoms in total. The molecule has 9 heteroatoms. The quantitative estimate of drug-likeness (QED) is 0.448. The zero-order chi connectivity index (χ0) is 14.6. The van der Waals surface area contributed by atoms with E-state index < -0.39 is 24.9 Å². The summed E-state index contributed by atoms with van der Waals surface area (Å²) >= 11 is 1.59. The number of hydrogen-bond acceptors (Lipinski definition) is 4. The van der Waals surface area contributed by atoms with Crippen molar-refractivity contribution in [2.24, 2.45) is 0 Å². The van der Waals surface area contributed by atoms with Gasteiger partial charge in [-0.3, -0.25) is 0 Å². The van der Waals surface area contributed by atoms with Crippen LogP contribution in [0.2, 0.25) is 0 Å². The fraction of sp³-hybridized carbons (Fsp3) is 0.400. The summed E-state index contributed by atoms with van der Waals surface area (Å²) in [5, 5.41) is 0. The molecule has 0 aliphatic rings. The molecule has 0 bridgehead atoms. The SMILES string of the molecule is CCOC(=O)c1cc(I)c(CF)c(OC(F)(F)F)n1. The minimum absolute atomic E-state index is 0.0391. The number of esters is 1. The Morgan fingerprint density at radius 2 is 2.11 bits per heavy atom. The van der Waals surface area contributed by atoms with E-state index in [0.717, 1.165) is 6.07 Å². The number of rotatable bonds is 4. The molecule has 0 aliphatic heterocycles. The lowest BCUT2D eigenvalue weighted by Crippen LogP contribution is -2.20. The molecule has 0 unspecified atom stereocenters. The van der Waals surface area contributed by atoms with Gasteiger partial charge in [0.15, 0.2) is 5.69 Å². The van der Waals surface area contributed by atoms with E-state index in [2.05, 4.69) is 14.5 Å². The van der Waals surface area contributed by atoms with Crippen molar-refractivity contribution in [1.29, 1.82) is 0 Å². The summed E-state index contributed by atoms with van der Waals surface area (Å²) in [6, 6.07) is 1.14. The second-order valence-corrected chi connectivity index (χ2v) is 4.34. The maximum absolute atomic E-state index is 12.7. The van der Waals surface area contributed by atoms with E-state index >= 15 is 0 Å². The molecule has 0 atom stereocenters. The summed E-state index contributed by atoms with van der Waals surface area (Å²) < 4.78 is 57.5. The Balaban J connectivity index is 3.22. The van der Waals surface area contributed by atoms with Crippen LogP contribution in [0.3, 0.4) is 0 Å². The van der Waals surface area contributed by atoms with Crippen LogP contribution >= 0.6 is 22.6 Å². The van der Waals surface area contributed by atoms with E-state index in [1.165, 1.54) is 6.92 Å². The smallest absolute Gasteiger partial charge is 0.461 e. The molecule has 1 aromatic rings. The van der Waals surface area contributed by atoms with Gasteiger partial charge < -0.3 is 9.47 Å². The van der Waals surface area contributed by atoms with E-state index in [4.69, 9.17) is 0 Å². The minimum Gasteiger partial charge on any atom is -0.461 e. The molecule has 0 amide bonds. The van der Waals surface area contributed by atoms with Gasteiger partial charge in [0.25, 0.3) is 0 Å². The number of alkyl halides is 4. The lowest BCUT2D eigenvalue weighted by molar-refractivity contribution is -0.276. The third kappa shape index (κ3) is 4.48. The Bertz CT molecular complexity index is 479. The largest absolute Gasteiger partial charge is 0.574 e. The van der Waals surface area contributed by atoms with Crippen LogP contribution in [-0.4, -0.2) is 23.9 Å². The monoisotopic (exact) mass is 393 g/mol. The molecule has 0 saturated heterocycles. The summed E-state index contributed by atoms with van der Waals surface area (Å²) in [7, 11) is 0. The molecule has 1 rings (SSSR count). The molecule has 1 aromatic heterocycles. The van der Waals surface area contributed by atoms with Crippen LogP contribution in [0.25, 0.3) is 0 Å². The predicted molar refractivity (Wildman–Crippen MR) is 64.4 cm³/mol. The second-order valence-electron chi connectivity index (χ2n) is 3.17. The van der Waals surface area contributed by atoms with E-state index in [1.807, 2.05) is 0 Å². The number of ether oxygens (including phenoxy) is 2. The van der Waals surface area contributed by atoms with E-state index in [1.54, 1.807) is 22.6 Å². The van der Waals surface area contributed by atoms with Gasteiger partial charge in [0.1, 0.15) is 6.67 Å². The summed E-state index contributed by atoms with van der Waals surface area (Å²) in [6.45, 7) is 0.378. The fourth-order valence-corrected chi connectivity index (χ4v) is 1.81. The van der Waals surface area contributed by atoms with Crippen LogP contribution in [0, 0.1) is 3.57 Å². The summed E-state index contributed by atoms with van der Waals surface area (Å²) in [5.41, 5.74) is -0.742. The van der Waals surface area contributed by atoms with Crippen molar-refractivity contribution in [3.63, 3.8) is 0 Å². The standard InChI is InChI=1S/C10H8F4INO3/c1-2-18-9(17)7-3-6(15)5(4-11)8(16-7)19-10(12,13)14/h3H,2,4H2,1H3. The highest BCUT2D eigenvalue weighted by molar-refractivity contribution is 14.1. The lowest BCUT2D eigenvalue weighted by Gasteiger charge is -2.13. The van der Waals surface area contributed by atoms with Gasteiger partial charge in [0.2, 0.25) is 5.88 Å². The highest BCUT2D eigenvalue weighted by atomic mass is 127. The topological polar surface area (TPSA) is 48.4 Å². The van der Waals surface area contributed by atoms with Crippen LogP contribution in [0.15, 0.2) is 6.07 Å². The second kappa shape index (κ2) is 6.35. The molecular weight excluding hydrogens is 385 g/mol. The molecule has 0 saturated carbocycles. The Hall–Kier alpha value is -1.13. The van der Waals surface area contributed by atoms with Crippen LogP contribution in [0.5, 0.6) is 5.88 Å². The van der Waals surface area contributed by atoms with E-state index in [-0.39, 0.29) is 21.4 Å². The Kier molecular flexibility index (Phi) is 5.32. The van der Waals surface area contributed by atoms with Gasteiger partial charge in [-0.05, 0) is 35.6 Å². The predicted octanol–water partition coefficient (Wildman–Crippen LogP) is 3.23. The fourth-order valence-electron chi connectivity index (χ4n) is 1.14. The highest BCUT2D eigenvalue weighted by Crippen LogP contribution is 2.29. The molecule has 0 fully saturated rings. The Morgan fingerprint density at radius 3 is 2.58 bits per heavy atom. The molecule has 0 aliphatic carbocycles. The van der Waals surface area contributed by atoms with Crippen molar-refractivity contribution in [3.8, 4) is 5.88 Å². The van der Waals surface area contributed by atoms with Crippen LogP contribution in [0.4, 0.5) is 17.6 Å². The number of nitrogens with zero attached hydrogens (tertiary/aromatic N) is 1. The maximum atomic E-state index is 12.7. The molecule has 0 N–H and O–H groups in total. The van der Waals surface area contributed by atoms with Crippen molar-refractivity contribution >= 4 is 28.6 Å². The Labute approximate surface area is 119 Å². The van der Waals surface area contributed by atoms with Gasteiger partial charge in [-0.15, -0.1) is 13.2 Å². The number of carbonyl (C=O) groups excluding carboxylic acids is 1. The maximum Gasteiger partial charge on any atom is 0.574 e. The van der Waals surface area contributed by atoms with E-state index in [9.17, 15) is 22.4 Å². The zero-order valence-electron chi connectivity index (χ0n) is 9.55. The van der Waals surface area contributed by atoms with Crippen LogP contribution < -0.4 is 4.74 Å². The first-order chi connectivity index (χ1) is 8.78. The molecule has 0 radical (unpaired) electrons. The van der Waals surface area contributed by atoms with Crippen molar-refractivity contribution in [3.05, 3.63) is 20.9 Å². The molecule has 19 heavy (non-hydrogen) atoms. The number of halogens is 5. The number of carbonyl (C=O) groups is 1. The zero-order valence-corrected chi connectivity index (χ0v) is 11.7. The number of hydrogen-bond donors (Lipinski definition) is 0. The van der Waals surface area contributed by atoms with Gasteiger partial charge in [0, 0.05) is 3.57 Å². The molecule has 1 heterocycles. The average Bonchev–Trinajstić information content (AvgIpc) is 2.26. The highest BCUT2D eigenvalue weighted by Gasteiger charge is 2.34. The minimum atomic E-state index is -5.02. The molecular formula is C10H8F4INO3. The third-order valence-corrected chi connectivity index (χ3v) is 2.82. The van der Waals surface area contributed by atoms with Crippen molar-refractivity contribution in [2.75, 3.05) is 6.61 Å². The van der Waals surface area contributed by atoms with Crippen molar-refractivity contribution in [1.82, 2.24) is 4.98 Å². The van der Waals surface area contributed by atoms with Crippen LogP contribution in [-0.2, 0) is 11.4 Å².